The number of benzene rings is 1. The van der Waals surface area contributed by atoms with E-state index in [1.54, 1.807) is 18.2 Å². The lowest BCUT2D eigenvalue weighted by Gasteiger charge is -2.37. The zero-order valence-corrected chi connectivity index (χ0v) is 12.9. The Morgan fingerprint density at radius 2 is 2.14 bits per heavy atom. The van der Waals surface area contributed by atoms with Crippen molar-refractivity contribution in [3.63, 3.8) is 0 Å². The zero-order valence-electron chi connectivity index (χ0n) is 12.9. The van der Waals surface area contributed by atoms with Crippen LogP contribution in [-0.2, 0) is 0 Å². The van der Waals surface area contributed by atoms with Gasteiger partial charge in [-0.25, -0.2) is 0 Å². The molecule has 0 aromatic heterocycles. The molecule has 2 rings (SSSR count). The molecule has 1 aromatic carbocycles. The van der Waals surface area contributed by atoms with Crippen LogP contribution in [0, 0.1) is 5.92 Å². The highest BCUT2D eigenvalue weighted by atomic mass is 19.3. The van der Waals surface area contributed by atoms with Crippen molar-refractivity contribution in [2.24, 2.45) is 5.92 Å². The van der Waals surface area contributed by atoms with Crippen LogP contribution in [0.3, 0.4) is 0 Å². The van der Waals surface area contributed by atoms with Crippen molar-refractivity contribution in [3.8, 4) is 5.75 Å². The Hall–Kier alpha value is -1.20. The van der Waals surface area contributed by atoms with E-state index in [2.05, 4.69) is 35.8 Å². The van der Waals surface area contributed by atoms with Crippen molar-refractivity contribution in [1.82, 2.24) is 10.2 Å². The van der Waals surface area contributed by atoms with Crippen LogP contribution in [0.4, 0.5) is 8.78 Å². The number of alkyl halides is 2. The number of hydrogen-bond acceptors (Lipinski definition) is 3. The van der Waals surface area contributed by atoms with Gasteiger partial charge in [0.05, 0.1) is 0 Å². The quantitative estimate of drug-likeness (QED) is 0.903. The maximum absolute atomic E-state index is 12.3. The Morgan fingerprint density at radius 3 is 2.81 bits per heavy atom. The first kappa shape index (κ1) is 16.2. The number of likely N-dealkylation sites (tertiary alicyclic amines) is 1. The van der Waals surface area contributed by atoms with Gasteiger partial charge in [-0.3, -0.25) is 0 Å². The number of nitrogens with one attached hydrogen (secondary N) is 1. The van der Waals surface area contributed by atoms with Gasteiger partial charge in [-0.2, -0.15) is 8.78 Å². The molecule has 1 aliphatic heterocycles. The average molecular weight is 298 g/mol. The smallest absolute Gasteiger partial charge is 0.387 e. The molecule has 0 amide bonds. The van der Waals surface area contributed by atoms with Crippen LogP contribution in [0.1, 0.15) is 31.9 Å². The Kier molecular flexibility index (Phi) is 5.53. The third-order valence-electron chi connectivity index (χ3n) is 4.16. The highest BCUT2D eigenvalue weighted by Crippen LogP contribution is 2.23. The average Bonchev–Trinajstić information content (AvgIpc) is 2.41. The van der Waals surface area contributed by atoms with Crippen LogP contribution >= 0.6 is 0 Å². The summed E-state index contributed by atoms with van der Waals surface area (Å²) in [5.74, 6) is 0.791. The fraction of sp³-hybridized carbons (Fsp3) is 0.625. The van der Waals surface area contributed by atoms with E-state index in [9.17, 15) is 8.78 Å². The maximum Gasteiger partial charge on any atom is 0.387 e. The van der Waals surface area contributed by atoms with Crippen molar-refractivity contribution >= 4 is 0 Å². The zero-order chi connectivity index (χ0) is 15.4. The van der Waals surface area contributed by atoms with Crippen molar-refractivity contribution in [2.75, 3.05) is 20.1 Å². The molecule has 3 atom stereocenters. The predicted molar refractivity (Wildman–Crippen MR) is 79.7 cm³/mol. The Labute approximate surface area is 125 Å². The van der Waals surface area contributed by atoms with E-state index in [0.29, 0.717) is 12.0 Å². The highest BCUT2D eigenvalue weighted by molar-refractivity contribution is 5.30. The van der Waals surface area contributed by atoms with Crippen LogP contribution < -0.4 is 10.1 Å². The number of nitrogens with zero attached hydrogens (tertiary/aromatic N) is 1. The van der Waals surface area contributed by atoms with Gasteiger partial charge in [0.2, 0.25) is 0 Å². The predicted octanol–water partition coefficient (Wildman–Crippen LogP) is 3.28. The summed E-state index contributed by atoms with van der Waals surface area (Å²) in [4.78, 5) is 2.34. The molecule has 1 aromatic rings. The number of piperidine rings is 1. The fourth-order valence-electron chi connectivity index (χ4n) is 2.98. The first-order valence-corrected chi connectivity index (χ1v) is 7.45. The van der Waals surface area contributed by atoms with Crippen molar-refractivity contribution in [1.29, 1.82) is 0 Å². The van der Waals surface area contributed by atoms with Gasteiger partial charge in [-0.1, -0.05) is 19.1 Å². The lowest BCUT2D eigenvalue weighted by Crippen LogP contribution is -2.47. The summed E-state index contributed by atoms with van der Waals surface area (Å²) >= 11 is 0. The van der Waals surface area contributed by atoms with Crippen molar-refractivity contribution < 1.29 is 13.5 Å². The monoisotopic (exact) mass is 298 g/mol. The molecular formula is C16H24F2N2O. The second-order valence-electron chi connectivity index (χ2n) is 5.97. The third kappa shape index (κ3) is 4.64. The maximum atomic E-state index is 12.3. The first-order valence-electron chi connectivity index (χ1n) is 7.45. The molecule has 0 aliphatic carbocycles. The van der Waals surface area contributed by atoms with Crippen LogP contribution in [0.5, 0.6) is 5.75 Å². The minimum atomic E-state index is -2.78. The Morgan fingerprint density at radius 1 is 1.38 bits per heavy atom. The van der Waals surface area contributed by atoms with Gasteiger partial charge in [0.25, 0.3) is 0 Å². The summed E-state index contributed by atoms with van der Waals surface area (Å²) in [6.07, 6.45) is 1.11. The topological polar surface area (TPSA) is 24.5 Å². The van der Waals surface area contributed by atoms with Crippen LogP contribution in [0.15, 0.2) is 24.3 Å². The molecule has 1 saturated heterocycles. The summed E-state index contributed by atoms with van der Waals surface area (Å²) in [6, 6.07) is 7.50. The highest BCUT2D eigenvalue weighted by Gasteiger charge is 2.25. The Balaban J connectivity index is 1.98. The molecule has 3 unspecified atom stereocenters. The first-order chi connectivity index (χ1) is 9.95. The number of hydrogen-bond donors (Lipinski definition) is 1. The number of rotatable bonds is 5. The van der Waals surface area contributed by atoms with Gasteiger partial charge in [-0.15, -0.1) is 0 Å². The molecule has 21 heavy (non-hydrogen) atoms. The van der Waals surface area contributed by atoms with Gasteiger partial charge < -0.3 is 15.0 Å². The summed E-state index contributed by atoms with van der Waals surface area (Å²) < 4.78 is 29.0. The molecule has 5 heteroatoms. The molecule has 0 spiro atoms. The second kappa shape index (κ2) is 7.18. The SMILES string of the molecule is CC(NC1CCN(C)CC1C)c1cccc(OC(F)F)c1. The molecule has 1 N–H and O–H groups in total. The van der Waals surface area contributed by atoms with Crippen molar-refractivity contribution in [3.05, 3.63) is 29.8 Å². The molecule has 0 bridgehead atoms. The lowest BCUT2D eigenvalue weighted by molar-refractivity contribution is -0.0499. The van der Waals surface area contributed by atoms with Gasteiger partial charge in [0, 0.05) is 18.6 Å². The summed E-state index contributed by atoms with van der Waals surface area (Å²) in [5, 5.41) is 3.62. The minimum absolute atomic E-state index is 0.113. The molecule has 1 heterocycles. The van der Waals surface area contributed by atoms with Crippen LogP contribution in [0.2, 0.25) is 0 Å². The van der Waals surface area contributed by atoms with E-state index in [4.69, 9.17) is 0 Å². The normalized spacial score (nSPS) is 25.0. The van der Waals surface area contributed by atoms with E-state index in [1.165, 1.54) is 0 Å². The molecule has 118 valence electrons. The number of halogens is 2. The largest absolute Gasteiger partial charge is 0.435 e. The standard InChI is InChI=1S/C16H24F2N2O/c1-11-10-20(3)8-7-15(11)19-12(2)13-5-4-6-14(9-13)21-16(17)18/h4-6,9,11-12,15-16,19H,7-8,10H2,1-3H3. The lowest BCUT2D eigenvalue weighted by atomic mass is 9.93. The van der Waals surface area contributed by atoms with Crippen LogP contribution in [0.25, 0.3) is 0 Å². The fourth-order valence-corrected chi connectivity index (χ4v) is 2.98. The van der Waals surface area contributed by atoms with E-state index in [0.717, 1.165) is 25.1 Å². The van der Waals surface area contributed by atoms with E-state index in [-0.39, 0.29) is 11.8 Å². The molecule has 1 fully saturated rings. The van der Waals surface area contributed by atoms with Crippen molar-refractivity contribution in [2.45, 2.75) is 39.0 Å². The molecule has 3 nitrogen and oxygen atoms in total. The number of ether oxygens (including phenoxy) is 1. The van der Waals surface area contributed by atoms with E-state index < -0.39 is 6.61 Å². The summed E-state index contributed by atoms with van der Waals surface area (Å²) in [7, 11) is 2.14. The summed E-state index contributed by atoms with van der Waals surface area (Å²) in [6.45, 7) is 3.70. The van der Waals surface area contributed by atoms with E-state index >= 15 is 0 Å². The molecule has 0 radical (unpaired) electrons. The Bertz CT molecular complexity index is 456. The third-order valence-corrected chi connectivity index (χ3v) is 4.16. The van der Waals surface area contributed by atoms with Gasteiger partial charge in [-0.05, 0) is 50.6 Å². The molecule has 0 saturated carbocycles. The molecule has 1 aliphatic rings. The second-order valence-corrected chi connectivity index (χ2v) is 5.97. The van der Waals surface area contributed by atoms with Crippen LogP contribution in [-0.4, -0.2) is 37.7 Å². The molecular weight excluding hydrogens is 274 g/mol. The van der Waals surface area contributed by atoms with Gasteiger partial charge >= 0.3 is 6.61 Å². The summed E-state index contributed by atoms with van der Waals surface area (Å²) in [5.41, 5.74) is 0.972. The van der Waals surface area contributed by atoms with E-state index in [1.807, 2.05) is 6.07 Å². The minimum Gasteiger partial charge on any atom is -0.435 e. The van der Waals surface area contributed by atoms with Gasteiger partial charge in [0.15, 0.2) is 0 Å². The van der Waals surface area contributed by atoms with Gasteiger partial charge in [0.1, 0.15) is 5.75 Å².